The van der Waals surface area contributed by atoms with Gasteiger partial charge in [-0.05, 0) is 43.9 Å². The topological polar surface area (TPSA) is 52.7 Å². The molecule has 0 aromatic heterocycles. The van der Waals surface area contributed by atoms with Crippen LogP contribution in [-0.2, 0) is 11.3 Å². The summed E-state index contributed by atoms with van der Waals surface area (Å²) < 4.78 is 14.0. The second-order valence-electron chi connectivity index (χ2n) is 7.99. The predicted molar refractivity (Wildman–Crippen MR) is 110 cm³/mol. The van der Waals surface area contributed by atoms with Crippen molar-refractivity contribution in [3.05, 3.63) is 66.0 Å². The van der Waals surface area contributed by atoms with Crippen molar-refractivity contribution in [2.45, 2.75) is 32.2 Å². The zero-order valence-corrected chi connectivity index (χ0v) is 16.4. The first kappa shape index (κ1) is 19.4. The Morgan fingerprint density at radius 2 is 1.66 bits per heavy atom. The number of anilines is 1. The number of likely N-dealkylation sites (tertiary alicyclic amines) is 2. The van der Waals surface area contributed by atoms with Crippen molar-refractivity contribution in [2.75, 3.05) is 25.0 Å². The summed E-state index contributed by atoms with van der Waals surface area (Å²) in [7, 11) is 0. The molecule has 5 nitrogen and oxygen atoms in total. The molecule has 0 saturated carbocycles. The lowest BCUT2D eigenvalue weighted by Crippen LogP contribution is -2.54. The molecule has 1 N–H and O–H groups in total. The molecule has 152 valence electrons. The summed E-state index contributed by atoms with van der Waals surface area (Å²) >= 11 is 0. The minimum absolute atomic E-state index is 0.107. The lowest BCUT2D eigenvalue weighted by atomic mass is 9.71. The largest absolute Gasteiger partial charge is 0.338 e. The van der Waals surface area contributed by atoms with Crippen molar-refractivity contribution in [1.82, 2.24) is 9.80 Å². The number of nitrogens with zero attached hydrogens (tertiary/aromatic N) is 2. The quantitative estimate of drug-likeness (QED) is 0.844. The van der Waals surface area contributed by atoms with Crippen molar-refractivity contribution in [3.8, 4) is 0 Å². The second kappa shape index (κ2) is 8.23. The van der Waals surface area contributed by atoms with E-state index in [9.17, 15) is 14.0 Å². The highest BCUT2D eigenvalue weighted by Crippen LogP contribution is 2.41. The number of carbonyl (C=O) groups excluding carboxylic acids is 2. The first-order valence-electron chi connectivity index (χ1n) is 10.2. The van der Waals surface area contributed by atoms with Gasteiger partial charge in [0, 0.05) is 37.4 Å². The number of nitrogens with one attached hydrogen (secondary N) is 1. The van der Waals surface area contributed by atoms with Crippen LogP contribution in [0.1, 0.15) is 31.2 Å². The molecule has 1 spiro atoms. The number of piperidine rings is 2. The molecule has 6 heteroatoms. The molecule has 2 heterocycles. The van der Waals surface area contributed by atoms with Gasteiger partial charge in [0.25, 0.3) is 0 Å². The van der Waals surface area contributed by atoms with Crippen molar-refractivity contribution in [2.24, 2.45) is 5.41 Å². The van der Waals surface area contributed by atoms with Gasteiger partial charge in [-0.3, -0.25) is 4.79 Å². The van der Waals surface area contributed by atoms with Crippen molar-refractivity contribution in [1.29, 1.82) is 0 Å². The monoisotopic (exact) mass is 395 g/mol. The second-order valence-corrected chi connectivity index (χ2v) is 7.99. The van der Waals surface area contributed by atoms with Crippen LogP contribution in [0.4, 0.5) is 14.9 Å². The van der Waals surface area contributed by atoms with Gasteiger partial charge in [0.1, 0.15) is 5.82 Å². The van der Waals surface area contributed by atoms with Crippen LogP contribution < -0.4 is 5.32 Å². The van der Waals surface area contributed by atoms with Crippen LogP contribution in [0.2, 0.25) is 0 Å². The minimum atomic E-state index is -0.424. The maximum Gasteiger partial charge on any atom is 0.321 e. The van der Waals surface area contributed by atoms with E-state index in [1.807, 2.05) is 30.3 Å². The first-order chi connectivity index (χ1) is 14.1. The number of halogens is 1. The summed E-state index contributed by atoms with van der Waals surface area (Å²) in [6.07, 6.45) is 3.06. The molecule has 0 atom stereocenters. The minimum Gasteiger partial charge on any atom is -0.338 e. The van der Waals surface area contributed by atoms with E-state index >= 15 is 0 Å². The number of carbonyl (C=O) groups is 2. The Morgan fingerprint density at radius 1 is 0.966 bits per heavy atom. The molecule has 2 saturated heterocycles. The molecule has 0 radical (unpaired) electrons. The lowest BCUT2D eigenvalue weighted by Gasteiger charge is -2.46. The predicted octanol–water partition coefficient (Wildman–Crippen LogP) is 4.26. The van der Waals surface area contributed by atoms with Gasteiger partial charge in [-0.25, -0.2) is 9.18 Å². The van der Waals surface area contributed by atoms with Crippen molar-refractivity contribution < 1.29 is 14.0 Å². The van der Waals surface area contributed by atoms with Crippen LogP contribution in [0.5, 0.6) is 0 Å². The molecule has 3 amide bonds. The van der Waals surface area contributed by atoms with Gasteiger partial charge in [-0.1, -0.05) is 36.4 Å². The zero-order valence-electron chi connectivity index (χ0n) is 16.4. The molecular formula is C23H26FN3O2. The highest BCUT2D eigenvalue weighted by atomic mass is 19.1. The summed E-state index contributed by atoms with van der Waals surface area (Å²) in [5.74, 6) is -0.164. The maximum absolute atomic E-state index is 14.0. The van der Waals surface area contributed by atoms with Crippen LogP contribution in [0.3, 0.4) is 0 Å². The average Bonchev–Trinajstić information content (AvgIpc) is 2.74. The van der Waals surface area contributed by atoms with Crippen LogP contribution in [0, 0.1) is 11.2 Å². The van der Waals surface area contributed by atoms with Gasteiger partial charge in [0.2, 0.25) is 5.91 Å². The molecule has 4 rings (SSSR count). The van der Waals surface area contributed by atoms with Gasteiger partial charge < -0.3 is 15.1 Å². The summed E-state index contributed by atoms with van der Waals surface area (Å²) in [4.78, 5) is 29.4. The smallest absolute Gasteiger partial charge is 0.321 e. The number of amides is 3. The van der Waals surface area contributed by atoms with Crippen LogP contribution in [-0.4, -0.2) is 41.4 Å². The normalized spacial score (nSPS) is 18.7. The van der Waals surface area contributed by atoms with E-state index in [-0.39, 0.29) is 17.8 Å². The third kappa shape index (κ3) is 4.11. The number of urea groups is 1. The highest BCUT2D eigenvalue weighted by Gasteiger charge is 2.46. The summed E-state index contributed by atoms with van der Waals surface area (Å²) in [5.41, 5.74) is 0.896. The van der Waals surface area contributed by atoms with Gasteiger partial charge in [-0.2, -0.15) is 0 Å². The molecule has 2 aromatic carbocycles. The van der Waals surface area contributed by atoms with Crippen molar-refractivity contribution in [3.63, 3.8) is 0 Å². The fourth-order valence-electron chi connectivity index (χ4n) is 4.46. The SMILES string of the molecule is O=C(Nc1ccccc1)N1CCC2(CCCN(Cc3ccccc3F)C2=O)CC1. The summed E-state index contributed by atoms with van der Waals surface area (Å²) in [6.45, 7) is 2.08. The Labute approximate surface area is 170 Å². The van der Waals surface area contributed by atoms with E-state index in [0.29, 0.717) is 44.6 Å². The molecule has 0 bridgehead atoms. The fourth-order valence-corrected chi connectivity index (χ4v) is 4.46. The summed E-state index contributed by atoms with van der Waals surface area (Å²) in [6, 6.07) is 15.9. The molecule has 2 aliphatic heterocycles. The Morgan fingerprint density at radius 3 is 2.38 bits per heavy atom. The maximum atomic E-state index is 14.0. The Bertz CT molecular complexity index is 879. The van der Waals surface area contributed by atoms with Gasteiger partial charge >= 0.3 is 6.03 Å². The van der Waals surface area contributed by atoms with E-state index in [4.69, 9.17) is 0 Å². The first-order valence-corrected chi connectivity index (χ1v) is 10.2. The third-order valence-electron chi connectivity index (χ3n) is 6.18. The van der Waals surface area contributed by atoms with Gasteiger partial charge in [0.15, 0.2) is 0 Å². The van der Waals surface area contributed by atoms with Crippen LogP contribution in [0.15, 0.2) is 54.6 Å². The molecule has 2 fully saturated rings. The Kier molecular flexibility index (Phi) is 5.51. The highest BCUT2D eigenvalue weighted by molar-refractivity contribution is 5.90. The number of benzene rings is 2. The Hall–Kier alpha value is -2.89. The van der Waals surface area contributed by atoms with E-state index in [2.05, 4.69) is 5.32 Å². The van der Waals surface area contributed by atoms with Crippen LogP contribution >= 0.6 is 0 Å². The third-order valence-corrected chi connectivity index (χ3v) is 6.18. The van der Waals surface area contributed by atoms with Crippen molar-refractivity contribution >= 4 is 17.6 Å². The van der Waals surface area contributed by atoms with Gasteiger partial charge in [-0.15, -0.1) is 0 Å². The lowest BCUT2D eigenvalue weighted by molar-refractivity contribution is -0.150. The Balaban J connectivity index is 1.38. The number of hydrogen-bond donors (Lipinski definition) is 1. The number of hydrogen-bond acceptors (Lipinski definition) is 2. The number of rotatable bonds is 3. The molecule has 0 unspecified atom stereocenters. The molecule has 2 aliphatic rings. The zero-order chi connectivity index (χ0) is 20.3. The summed E-state index contributed by atoms with van der Waals surface area (Å²) in [5, 5.41) is 2.91. The van der Waals surface area contributed by atoms with E-state index in [0.717, 1.165) is 18.5 Å². The fraction of sp³-hybridized carbons (Fsp3) is 0.391. The molecule has 29 heavy (non-hydrogen) atoms. The molecule has 2 aromatic rings. The average molecular weight is 395 g/mol. The van der Waals surface area contributed by atoms with E-state index in [1.54, 1.807) is 28.0 Å². The standard InChI is InChI=1S/C23H26FN3O2/c24-20-10-5-4-7-18(20)17-27-14-6-11-23(21(27)28)12-15-26(16-13-23)22(29)25-19-8-2-1-3-9-19/h1-5,7-10H,6,11-17H2,(H,25,29). The number of para-hydroxylation sites is 1. The van der Waals surface area contributed by atoms with Crippen LogP contribution in [0.25, 0.3) is 0 Å². The van der Waals surface area contributed by atoms with Gasteiger partial charge in [0.05, 0.1) is 5.41 Å². The van der Waals surface area contributed by atoms with E-state index in [1.165, 1.54) is 6.07 Å². The van der Waals surface area contributed by atoms with E-state index < -0.39 is 5.41 Å². The molecular weight excluding hydrogens is 369 g/mol. The molecule has 0 aliphatic carbocycles.